The molecule has 8 heteroatoms. The third-order valence-electron chi connectivity index (χ3n) is 3.44. The summed E-state index contributed by atoms with van der Waals surface area (Å²) in [6.07, 6.45) is 1.80. The van der Waals surface area contributed by atoms with Crippen LogP contribution in [0, 0.1) is 0 Å². The number of thiazole rings is 1. The van der Waals surface area contributed by atoms with Gasteiger partial charge in [0.25, 0.3) is 5.91 Å². The van der Waals surface area contributed by atoms with Crippen molar-refractivity contribution < 1.29 is 13.2 Å². The lowest BCUT2D eigenvalue weighted by atomic mass is 10.2. The lowest BCUT2D eigenvalue weighted by molar-refractivity contribution is 0.0997. The number of hydrogen-bond donors (Lipinski definition) is 0. The Bertz CT molecular complexity index is 879. The van der Waals surface area contributed by atoms with Gasteiger partial charge in [0.05, 0.1) is 4.90 Å². The van der Waals surface area contributed by atoms with Crippen LogP contribution in [0.4, 0.5) is 0 Å². The van der Waals surface area contributed by atoms with Crippen molar-refractivity contribution in [2.75, 3.05) is 7.05 Å². The van der Waals surface area contributed by atoms with Gasteiger partial charge in [-0.1, -0.05) is 6.07 Å². The van der Waals surface area contributed by atoms with E-state index in [1.165, 1.54) is 34.8 Å². The standard InChI is InChI=1S/C15H19N3O3S2/c1-11(2)18(4)23(20,21)13-7-5-6-12(10-13)14(19)16-15-17(3)8-9-22-15/h5-11H,1-4H3. The average Bonchev–Trinajstić information content (AvgIpc) is 2.91. The number of carbonyl (C=O) groups excluding carboxylic acids is 1. The minimum absolute atomic E-state index is 0.0882. The molecule has 1 aromatic heterocycles. The number of aryl methyl sites for hydroxylation is 1. The Morgan fingerprint density at radius 1 is 1.35 bits per heavy atom. The van der Waals surface area contributed by atoms with E-state index in [1.54, 1.807) is 43.8 Å². The number of carbonyl (C=O) groups is 1. The molecule has 0 radical (unpaired) electrons. The largest absolute Gasteiger partial charge is 0.327 e. The van der Waals surface area contributed by atoms with Gasteiger partial charge < -0.3 is 4.57 Å². The van der Waals surface area contributed by atoms with E-state index in [-0.39, 0.29) is 16.5 Å². The Labute approximate surface area is 139 Å². The first-order chi connectivity index (χ1) is 10.7. The summed E-state index contributed by atoms with van der Waals surface area (Å²) >= 11 is 1.34. The van der Waals surface area contributed by atoms with Crippen LogP contribution in [-0.2, 0) is 17.1 Å². The van der Waals surface area contributed by atoms with Crippen LogP contribution in [-0.4, -0.2) is 36.3 Å². The molecule has 0 saturated heterocycles. The summed E-state index contributed by atoms with van der Waals surface area (Å²) < 4.78 is 28.0. The molecule has 6 nitrogen and oxygen atoms in total. The van der Waals surface area contributed by atoms with Crippen LogP contribution in [0.15, 0.2) is 45.7 Å². The molecule has 0 aliphatic heterocycles. The second kappa shape index (κ2) is 6.77. The Balaban J connectivity index is 2.42. The highest BCUT2D eigenvalue weighted by Crippen LogP contribution is 2.18. The lowest BCUT2D eigenvalue weighted by Gasteiger charge is -2.21. The van der Waals surface area contributed by atoms with Gasteiger partial charge in [-0.25, -0.2) is 8.42 Å². The molecule has 1 heterocycles. The van der Waals surface area contributed by atoms with Gasteiger partial charge in [0, 0.05) is 37.3 Å². The first-order valence-electron chi connectivity index (χ1n) is 7.01. The molecule has 0 saturated carbocycles. The van der Waals surface area contributed by atoms with Crippen molar-refractivity contribution in [1.29, 1.82) is 0 Å². The fourth-order valence-electron chi connectivity index (χ4n) is 1.82. The summed E-state index contributed by atoms with van der Waals surface area (Å²) in [6, 6.07) is 5.80. The molecule has 0 atom stereocenters. The number of aromatic nitrogens is 1. The monoisotopic (exact) mass is 353 g/mol. The van der Waals surface area contributed by atoms with Gasteiger partial charge in [-0.15, -0.1) is 11.3 Å². The molecule has 0 spiro atoms. The van der Waals surface area contributed by atoms with E-state index in [2.05, 4.69) is 4.99 Å². The zero-order valence-electron chi connectivity index (χ0n) is 13.4. The quantitative estimate of drug-likeness (QED) is 0.842. The predicted octanol–water partition coefficient (Wildman–Crippen LogP) is 1.86. The highest BCUT2D eigenvalue weighted by molar-refractivity contribution is 7.89. The molecule has 0 bridgehead atoms. The maximum absolute atomic E-state index is 12.5. The molecule has 0 aliphatic carbocycles. The summed E-state index contributed by atoms with van der Waals surface area (Å²) in [6.45, 7) is 3.58. The van der Waals surface area contributed by atoms with E-state index < -0.39 is 15.9 Å². The molecule has 0 N–H and O–H groups in total. The van der Waals surface area contributed by atoms with Crippen LogP contribution in [0.5, 0.6) is 0 Å². The zero-order chi connectivity index (χ0) is 17.2. The second-order valence-electron chi connectivity index (χ2n) is 5.36. The van der Waals surface area contributed by atoms with E-state index in [4.69, 9.17) is 0 Å². The minimum atomic E-state index is -3.63. The van der Waals surface area contributed by atoms with Gasteiger partial charge >= 0.3 is 0 Å². The number of rotatable bonds is 4. The summed E-state index contributed by atoms with van der Waals surface area (Å²) in [7, 11) is -0.316. The third-order valence-corrected chi connectivity index (χ3v) is 6.32. The summed E-state index contributed by atoms with van der Waals surface area (Å²) in [5, 5.41) is 1.82. The average molecular weight is 353 g/mol. The highest BCUT2D eigenvalue weighted by Gasteiger charge is 2.23. The molecule has 0 fully saturated rings. The fourth-order valence-corrected chi connectivity index (χ4v) is 3.96. The minimum Gasteiger partial charge on any atom is -0.327 e. The van der Waals surface area contributed by atoms with Gasteiger partial charge in [0.2, 0.25) is 10.0 Å². The maximum Gasteiger partial charge on any atom is 0.279 e. The van der Waals surface area contributed by atoms with Crippen LogP contribution in [0.1, 0.15) is 24.2 Å². The van der Waals surface area contributed by atoms with Crippen molar-refractivity contribution in [2.45, 2.75) is 24.8 Å². The van der Waals surface area contributed by atoms with Crippen molar-refractivity contribution in [2.24, 2.45) is 12.0 Å². The molecule has 23 heavy (non-hydrogen) atoms. The number of benzene rings is 1. The summed E-state index contributed by atoms with van der Waals surface area (Å²) in [5.41, 5.74) is 0.247. The van der Waals surface area contributed by atoms with Crippen molar-refractivity contribution in [3.05, 3.63) is 46.2 Å². The van der Waals surface area contributed by atoms with Crippen molar-refractivity contribution in [3.8, 4) is 0 Å². The van der Waals surface area contributed by atoms with E-state index in [0.29, 0.717) is 4.80 Å². The number of nitrogens with zero attached hydrogens (tertiary/aromatic N) is 3. The van der Waals surface area contributed by atoms with Crippen molar-refractivity contribution in [3.63, 3.8) is 0 Å². The second-order valence-corrected chi connectivity index (χ2v) is 8.23. The Morgan fingerprint density at radius 2 is 2.04 bits per heavy atom. The Morgan fingerprint density at radius 3 is 2.61 bits per heavy atom. The molecule has 2 rings (SSSR count). The van der Waals surface area contributed by atoms with Gasteiger partial charge in [0.15, 0.2) is 4.80 Å². The van der Waals surface area contributed by atoms with E-state index in [9.17, 15) is 13.2 Å². The third kappa shape index (κ3) is 3.77. The van der Waals surface area contributed by atoms with Gasteiger partial charge in [-0.3, -0.25) is 4.79 Å². The van der Waals surface area contributed by atoms with Crippen LogP contribution >= 0.6 is 11.3 Å². The predicted molar refractivity (Wildman–Crippen MR) is 89.7 cm³/mol. The number of amides is 1. The van der Waals surface area contributed by atoms with Crippen molar-refractivity contribution >= 4 is 27.3 Å². The first-order valence-corrected chi connectivity index (χ1v) is 9.32. The number of sulfonamides is 1. The fraction of sp³-hybridized carbons (Fsp3) is 0.333. The van der Waals surface area contributed by atoms with E-state index >= 15 is 0 Å². The molecule has 1 aromatic carbocycles. The van der Waals surface area contributed by atoms with Crippen LogP contribution in [0.3, 0.4) is 0 Å². The molecular formula is C15H19N3O3S2. The first kappa shape index (κ1) is 17.6. The lowest BCUT2D eigenvalue weighted by Crippen LogP contribution is -2.33. The molecule has 2 aromatic rings. The normalized spacial score (nSPS) is 13.0. The van der Waals surface area contributed by atoms with E-state index in [1.807, 2.05) is 5.38 Å². The Hall–Kier alpha value is -1.77. The molecular weight excluding hydrogens is 334 g/mol. The topological polar surface area (TPSA) is 71.7 Å². The summed E-state index contributed by atoms with van der Waals surface area (Å²) in [5.74, 6) is -0.465. The van der Waals surface area contributed by atoms with Gasteiger partial charge in [-0.05, 0) is 32.0 Å². The molecule has 124 valence electrons. The maximum atomic E-state index is 12.5. The highest BCUT2D eigenvalue weighted by atomic mass is 32.2. The summed E-state index contributed by atoms with van der Waals surface area (Å²) in [4.78, 5) is 16.9. The zero-order valence-corrected chi connectivity index (χ0v) is 15.1. The molecule has 0 aliphatic rings. The van der Waals surface area contributed by atoms with Crippen LogP contribution < -0.4 is 4.80 Å². The number of hydrogen-bond acceptors (Lipinski definition) is 4. The van der Waals surface area contributed by atoms with Crippen molar-refractivity contribution in [1.82, 2.24) is 8.87 Å². The SMILES string of the molecule is CC(C)N(C)S(=O)(=O)c1cccc(C(=O)N=c2sccn2C)c1. The van der Waals surface area contributed by atoms with Gasteiger partial charge in [0.1, 0.15) is 0 Å². The smallest absolute Gasteiger partial charge is 0.279 e. The van der Waals surface area contributed by atoms with Crippen LogP contribution in [0.25, 0.3) is 0 Å². The Kier molecular flexibility index (Phi) is 5.18. The molecule has 1 amide bonds. The van der Waals surface area contributed by atoms with Crippen LogP contribution in [0.2, 0.25) is 0 Å². The van der Waals surface area contributed by atoms with E-state index in [0.717, 1.165) is 0 Å². The molecule has 0 unspecified atom stereocenters. The van der Waals surface area contributed by atoms with Gasteiger partial charge in [-0.2, -0.15) is 9.30 Å².